The fourth-order valence-corrected chi connectivity index (χ4v) is 4.54. The molecule has 0 atom stereocenters. The Morgan fingerprint density at radius 2 is 1.78 bits per heavy atom. The van der Waals surface area contributed by atoms with E-state index in [2.05, 4.69) is 35.5 Å². The summed E-state index contributed by atoms with van der Waals surface area (Å²) in [5.74, 6) is -0.305. The van der Waals surface area contributed by atoms with Crippen molar-refractivity contribution < 1.29 is 18.0 Å². The van der Waals surface area contributed by atoms with Crippen molar-refractivity contribution in [1.29, 1.82) is 0 Å². The van der Waals surface area contributed by atoms with Crippen LogP contribution in [0.3, 0.4) is 0 Å². The number of rotatable bonds is 8. The largest absolute Gasteiger partial charge is 0.331 e. The molecular weight excluding hydrogens is 496 g/mol. The fourth-order valence-electron chi connectivity index (χ4n) is 3.47. The van der Waals surface area contributed by atoms with E-state index >= 15 is 0 Å². The number of pyridine rings is 2. The zero-order valence-electron chi connectivity index (χ0n) is 20.4. The van der Waals surface area contributed by atoms with Crippen LogP contribution >= 0.6 is 0 Å². The van der Waals surface area contributed by atoms with Crippen LogP contribution in [-0.4, -0.2) is 65.3 Å². The lowest BCUT2D eigenvalue weighted by molar-refractivity contribution is 0.102. The van der Waals surface area contributed by atoms with Crippen LogP contribution < -0.4 is 15.4 Å². The lowest BCUT2D eigenvalue weighted by atomic mass is 10.0. The standard InChI is InChI=1S/C24H26N8O4S/c1-4-9-37(35,36)31-21-8-6-17(14-26-21)27-23(33)22-19-11-15(5-7-20(19)29-30-22)16-10-18(13-25-12-16)28-24(34)32(2)3/h5-8,10-14H,4,9H2,1-3H3,(H,26,31)(H,27,33)(H,28,34)(H,29,30). The molecule has 0 radical (unpaired) electrons. The van der Waals surface area contributed by atoms with E-state index in [1.807, 2.05) is 12.1 Å². The quantitative estimate of drug-likeness (QED) is 0.275. The maximum atomic E-state index is 13.0. The van der Waals surface area contributed by atoms with Gasteiger partial charge in [-0.05, 0) is 42.3 Å². The monoisotopic (exact) mass is 522 g/mol. The summed E-state index contributed by atoms with van der Waals surface area (Å²) in [6.07, 6.45) is 5.06. The van der Waals surface area contributed by atoms with Crippen molar-refractivity contribution in [2.45, 2.75) is 13.3 Å². The molecule has 4 rings (SSSR count). The number of amides is 3. The molecule has 0 aliphatic heterocycles. The number of H-pyrrole nitrogens is 1. The van der Waals surface area contributed by atoms with Crippen LogP contribution in [-0.2, 0) is 10.0 Å². The molecule has 0 aliphatic carbocycles. The average molecular weight is 523 g/mol. The van der Waals surface area contributed by atoms with E-state index in [0.29, 0.717) is 28.7 Å². The SMILES string of the molecule is CCCS(=O)(=O)Nc1ccc(NC(=O)c2n[nH]c3ccc(-c4cncc(NC(=O)N(C)C)c4)cc23)cn1. The zero-order valence-corrected chi connectivity index (χ0v) is 21.3. The number of aromatic amines is 1. The third kappa shape index (κ3) is 6.19. The number of hydrogen-bond acceptors (Lipinski definition) is 7. The van der Waals surface area contributed by atoms with Gasteiger partial charge in [-0.15, -0.1) is 0 Å². The number of hydrogen-bond donors (Lipinski definition) is 4. The topological polar surface area (TPSA) is 162 Å². The molecule has 3 heterocycles. The predicted molar refractivity (Wildman–Crippen MR) is 142 cm³/mol. The van der Waals surface area contributed by atoms with Gasteiger partial charge in [0.25, 0.3) is 5.91 Å². The molecular formula is C24H26N8O4S. The van der Waals surface area contributed by atoms with Gasteiger partial charge in [0.05, 0.1) is 35.0 Å². The van der Waals surface area contributed by atoms with Gasteiger partial charge in [-0.2, -0.15) is 5.10 Å². The number of anilines is 3. The second-order valence-electron chi connectivity index (χ2n) is 8.43. The zero-order chi connectivity index (χ0) is 26.6. The Kier molecular flexibility index (Phi) is 7.34. The van der Waals surface area contributed by atoms with Crippen LogP contribution in [0, 0.1) is 0 Å². The van der Waals surface area contributed by atoms with Gasteiger partial charge < -0.3 is 15.5 Å². The van der Waals surface area contributed by atoms with Gasteiger partial charge in [0, 0.05) is 31.2 Å². The van der Waals surface area contributed by atoms with Gasteiger partial charge in [-0.3, -0.25) is 19.6 Å². The third-order valence-electron chi connectivity index (χ3n) is 5.26. The van der Waals surface area contributed by atoms with E-state index in [4.69, 9.17) is 0 Å². The number of nitrogens with one attached hydrogen (secondary N) is 4. The highest BCUT2D eigenvalue weighted by atomic mass is 32.2. The highest BCUT2D eigenvalue weighted by Crippen LogP contribution is 2.27. The second-order valence-corrected chi connectivity index (χ2v) is 10.3. The Bertz CT molecular complexity index is 1550. The van der Waals surface area contributed by atoms with Gasteiger partial charge in [0.1, 0.15) is 5.82 Å². The van der Waals surface area contributed by atoms with Crippen molar-refractivity contribution in [3.8, 4) is 11.1 Å². The molecule has 3 aromatic heterocycles. The lowest BCUT2D eigenvalue weighted by Gasteiger charge is -2.12. The van der Waals surface area contributed by atoms with Crippen molar-refractivity contribution in [3.05, 3.63) is 60.7 Å². The molecule has 0 fully saturated rings. The Morgan fingerprint density at radius 1 is 0.973 bits per heavy atom. The minimum Gasteiger partial charge on any atom is -0.331 e. The molecule has 0 spiro atoms. The summed E-state index contributed by atoms with van der Waals surface area (Å²) in [4.78, 5) is 34.6. The molecule has 1 aromatic carbocycles. The van der Waals surface area contributed by atoms with Crippen LogP contribution in [0.25, 0.3) is 22.0 Å². The van der Waals surface area contributed by atoms with Crippen molar-refractivity contribution in [1.82, 2.24) is 25.1 Å². The minimum absolute atomic E-state index is 0.00748. The first-order chi connectivity index (χ1) is 17.6. The summed E-state index contributed by atoms with van der Waals surface area (Å²) in [6, 6.07) is 10.0. The molecule has 13 heteroatoms. The molecule has 4 N–H and O–H groups in total. The molecule has 4 aromatic rings. The van der Waals surface area contributed by atoms with Crippen LogP contribution in [0.15, 0.2) is 55.0 Å². The van der Waals surface area contributed by atoms with E-state index in [9.17, 15) is 18.0 Å². The third-order valence-corrected chi connectivity index (χ3v) is 6.73. The molecule has 0 bridgehead atoms. The van der Waals surface area contributed by atoms with Gasteiger partial charge in [-0.1, -0.05) is 13.0 Å². The summed E-state index contributed by atoms with van der Waals surface area (Å²) < 4.78 is 26.2. The summed E-state index contributed by atoms with van der Waals surface area (Å²) >= 11 is 0. The Labute approximate surface area is 213 Å². The van der Waals surface area contributed by atoms with E-state index in [-0.39, 0.29) is 23.3 Å². The van der Waals surface area contributed by atoms with E-state index < -0.39 is 15.9 Å². The molecule has 192 valence electrons. The minimum atomic E-state index is -3.46. The van der Waals surface area contributed by atoms with Crippen LogP contribution in [0.5, 0.6) is 0 Å². The normalized spacial score (nSPS) is 11.2. The molecule has 0 unspecified atom stereocenters. The highest BCUT2D eigenvalue weighted by Gasteiger charge is 2.16. The molecule has 37 heavy (non-hydrogen) atoms. The summed E-state index contributed by atoms with van der Waals surface area (Å²) in [5, 5.41) is 13.1. The number of fused-ring (bicyclic) bond motifs is 1. The fraction of sp³-hybridized carbons (Fsp3) is 0.208. The van der Waals surface area contributed by atoms with Crippen LogP contribution in [0.4, 0.5) is 22.0 Å². The average Bonchev–Trinajstić information content (AvgIpc) is 3.28. The Hall–Kier alpha value is -4.52. The first-order valence-electron chi connectivity index (χ1n) is 11.3. The number of sulfonamides is 1. The number of urea groups is 1. The Balaban J connectivity index is 1.53. The number of benzene rings is 1. The van der Waals surface area contributed by atoms with E-state index in [1.54, 1.807) is 51.6 Å². The molecule has 3 amide bonds. The number of carbonyl (C=O) groups is 2. The Morgan fingerprint density at radius 3 is 2.49 bits per heavy atom. The smallest absolute Gasteiger partial charge is 0.321 e. The predicted octanol–water partition coefficient (Wildman–Crippen LogP) is 3.52. The van der Waals surface area contributed by atoms with Crippen molar-refractivity contribution in [2.24, 2.45) is 0 Å². The van der Waals surface area contributed by atoms with Gasteiger partial charge in [-0.25, -0.2) is 18.2 Å². The molecule has 0 saturated carbocycles. The summed E-state index contributed by atoms with van der Waals surface area (Å²) in [7, 11) is -0.173. The van der Waals surface area contributed by atoms with Crippen molar-refractivity contribution in [2.75, 3.05) is 35.2 Å². The van der Waals surface area contributed by atoms with Crippen molar-refractivity contribution in [3.63, 3.8) is 0 Å². The van der Waals surface area contributed by atoms with Gasteiger partial charge >= 0.3 is 6.03 Å². The first-order valence-corrected chi connectivity index (χ1v) is 13.0. The van der Waals surface area contributed by atoms with E-state index in [1.165, 1.54) is 17.2 Å². The molecule has 12 nitrogen and oxygen atoms in total. The molecule has 0 aliphatic rings. The van der Waals surface area contributed by atoms with Crippen molar-refractivity contribution >= 4 is 50.1 Å². The van der Waals surface area contributed by atoms with Crippen LogP contribution in [0.1, 0.15) is 23.8 Å². The number of aromatic nitrogens is 4. The molecule has 0 saturated heterocycles. The summed E-state index contributed by atoms with van der Waals surface area (Å²) in [5.41, 5.74) is 3.28. The lowest BCUT2D eigenvalue weighted by Crippen LogP contribution is -2.27. The summed E-state index contributed by atoms with van der Waals surface area (Å²) in [6.45, 7) is 1.77. The maximum absolute atomic E-state index is 13.0. The van der Waals surface area contributed by atoms with Crippen LogP contribution in [0.2, 0.25) is 0 Å². The second kappa shape index (κ2) is 10.6. The highest BCUT2D eigenvalue weighted by molar-refractivity contribution is 7.92. The van der Waals surface area contributed by atoms with E-state index in [0.717, 1.165) is 11.1 Å². The number of carbonyl (C=O) groups excluding carboxylic acids is 2. The number of nitrogens with zero attached hydrogens (tertiary/aromatic N) is 4. The first kappa shape index (κ1) is 25.6. The van der Waals surface area contributed by atoms with Gasteiger partial charge in [0.2, 0.25) is 10.0 Å². The maximum Gasteiger partial charge on any atom is 0.321 e. The van der Waals surface area contributed by atoms with Gasteiger partial charge in [0.15, 0.2) is 5.69 Å².